The molecule has 0 atom stereocenters. The van der Waals surface area contributed by atoms with Crippen LogP contribution < -0.4 is 16.3 Å². The van der Waals surface area contributed by atoms with E-state index in [4.69, 9.17) is 21.3 Å². The zero-order valence-electron chi connectivity index (χ0n) is 19.8. The zero-order chi connectivity index (χ0) is 23.8. The second kappa shape index (κ2) is 8.58. The largest absolute Gasteiger partial charge is 0.367 e. The molecule has 33 heavy (non-hydrogen) atoms. The summed E-state index contributed by atoms with van der Waals surface area (Å²) in [7, 11) is 0. The summed E-state index contributed by atoms with van der Waals surface area (Å²) in [6.07, 6.45) is 0. The summed E-state index contributed by atoms with van der Waals surface area (Å²) in [6, 6.07) is 23.3. The van der Waals surface area contributed by atoms with Crippen molar-refractivity contribution in [1.82, 2.24) is 4.98 Å². The molecule has 5 nitrogen and oxygen atoms in total. The highest BCUT2D eigenvalue weighted by Gasteiger charge is 2.14. The third-order valence-electron chi connectivity index (χ3n) is 5.89. The number of aryl methyl sites for hydroxylation is 2. The van der Waals surface area contributed by atoms with E-state index in [1.165, 1.54) is 11.1 Å². The number of hydrogen-bond donors (Lipinski definition) is 2. The molecular weight excluding hydrogens is 408 g/mol. The fourth-order valence-corrected chi connectivity index (χ4v) is 3.83. The summed E-state index contributed by atoms with van der Waals surface area (Å²) < 4.78 is 0. The van der Waals surface area contributed by atoms with Gasteiger partial charge >= 0.3 is 0 Å². The van der Waals surface area contributed by atoms with Crippen molar-refractivity contribution in [2.75, 3.05) is 0 Å². The van der Waals surface area contributed by atoms with Gasteiger partial charge in [0.1, 0.15) is 0 Å². The van der Waals surface area contributed by atoms with Gasteiger partial charge in [0, 0.05) is 10.9 Å². The third-order valence-corrected chi connectivity index (χ3v) is 5.89. The van der Waals surface area contributed by atoms with Crippen molar-refractivity contribution in [1.29, 1.82) is 0 Å². The molecule has 4 aromatic rings. The van der Waals surface area contributed by atoms with Crippen molar-refractivity contribution in [3.63, 3.8) is 0 Å². The van der Waals surface area contributed by atoms with Crippen LogP contribution in [-0.4, -0.2) is 10.9 Å². The molecule has 0 spiro atoms. The normalized spacial score (nSPS) is 11.4. The lowest BCUT2D eigenvalue weighted by molar-refractivity contribution is 0.331. The van der Waals surface area contributed by atoms with Crippen LogP contribution in [0.4, 0.5) is 0 Å². The molecule has 3 aromatic carbocycles. The molecule has 0 saturated carbocycles. The van der Waals surface area contributed by atoms with Gasteiger partial charge in [-0.05, 0) is 75.8 Å². The van der Waals surface area contributed by atoms with E-state index < -0.39 is 0 Å². The number of guanidine groups is 1. The number of rotatable bonds is 4. The molecule has 4 N–H and O–H groups in total. The van der Waals surface area contributed by atoms with Crippen LogP contribution in [0.25, 0.3) is 33.2 Å². The summed E-state index contributed by atoms with van der Waals surface area (Å²) in [6.45, 7) is 10.8. The van der Waals surface area contributed by atoms with Crippen LogP contribution in [0.15, 0.2) is 71.9 Å². The van der Waals surface area contributed by atoms with Crippen molar-refractivity contribution >= 4 is 16.7 Å². The summed E-state index contributed by atoms with van der Waals surface area (Å²) in [4.78, 5) is 10.3. The minimum atomic E-state index is -0.153. The topological polar surface area (TPSA) is 86.5 Å². The Bertz CT molecular complexity index is 1350. The fraction of sp³-hybridized carbons (Fsp3) is 0.214. The van der Waals surface area contributed by atoms with Crippen molar-refractivity contribution < 1.29 is 4.84 Å². The van der Waals surface area contributed by atoms with E-state index in [-0.39, 0.29) is 11.4 Å². The second-order valence-corrected chi connectivity index (χ2v) is 9.49. The molecule has 0 saturated heterocycles. The Balaban J connectivity index is 1.80. The maximum absolute atomic E-state index is 5.52. The zero-order valence-corrected chi connectivity index (χ0v) is 19.8. The first-order valence-electron chi connectivity index (χ1n) is 11.0. The number of nitrogens with two attached hydrogens (primary N) is 2. The van der Waals surface area contributed by atoms with Gasteiger partial charge < -0.3 is 16.3 Å². The van der Waals surface area contributed by atoms with Crippen molar-refractivity contribution in [2.45, 2.75) is 40.0 Å². The Kier molecular flexibility index (Phi) is 5.81. The van der Waals surface area contributed by atoms with E-state index in [1.807, 2.05) is 18.2 Å². The lowest BCUT2D eigenvalue weighted by atomic mass is 9.86. The first-order valence-corrected chi connectivity index (χ1v) is 11.0. The van der Waals surface area contributed by atoms with Crippen molar-refractivity contribution in [3.8, 4) is 28.3 Å². The highest BCUT2D eigenvalue weighted by Crippen LogP contribution is 2.33. The molecule has 1 aromatic heterocycles. The number of benzene rings is 3. The standard InChI is InChI=1S/C28H30N4O/c1-17-13-22-16-25(31-26(33-32-27(29)30)24(22)14-18(17)2)21-8-6-7-20(15-21)19-9-11-23(12-10-19)28(3,4)5/h6-16H,1-5H3,(H4,29,30,32). The Morgan fingerprint density at radius 2 is 1.48 bits per heavy atom. The van der Waals surface area contributed by atoms with Gasteiger partial charge in [-0.3, -0.25) is 0 Å². The lowest BCUT2D eigenvalue weighted by Gasteiger charge is -2.19. The minimum Gasteiger partial charge on any atom is -0.367 e. The first-order chi connectivity index (χ1) is 15.6. The number of aromatic nitrogens is 1. The van der Waals surface area contributed by atoms with Crippen molar-refractivity contribution in [2.24, 2.45) is 16.6 Å². The van der Waals surface area contributed by atoms with E-state index in [2.05, 4.69) is 88.3 Å². The Hall–Kier alpha value is -3.86. The number of fused-ring (bicyclic) bond motifs is 1. The van der Waals surface area contributed by atoms with Crippen LogP contribution >= 0.6 is 0 Å². The number of pyridine rings is 1. The molecular formula is C28H30N4O. The maximum atomic E-state index is 5.52. The molecule has 0 radical (unpaired) electrons. The summed E-state index contributed by atoms with van der Waals surface area (Å²) in [5.74, 6) is 0.221. The van der Waals surface area contributed by atoms with E-state index >= 15 is 0 Å². The van der Waals surface area contributed by atoms with Crippen LogP contribution in [0.3, 0.4) is 0 Å². The Morgan fingerprint density at radius 1 is 0.818 bits per heavy atom. The highest BCUT2D eigenvalue weighted by molar-refractivity contribution is 5.91. The van der Waals surface area contributed by atoms with Crippen LogP contribution in [-0.2, 0) is 5.41 Å². The van der Waals surface area contributed by atoms with Gasteiger partial charge in [0.2, 0.25) is 5.96 Å². The monoisotopic (exact) mass is 438 g/mol. The maximum Gasteiger partial charge on any atom is 0.257 e. The molecule has 0 aliphatic rings. The predicted octanol–water partition coefficient (Wildman–Crippen LogP) is 6.05. The molecule has 0 aliphatic carbocycles. The number of nitrogens with zero attached hydrogens (tertiary/aromatic N) is 2. The smallest absolute Gasteiger partial charge is 0.257 e. The average molecular weight is 439 g/mol. The molecule has 0 fully saturated rings. The third kappa shape index (κ3) is 4.82. The molecule has 168 valence electrons. The number of oxime groups is 1. The van der Waals surface area contributed by atoms with Gasteiger partial charge in [-0.1, -0.05) is 69.3 Å². The minimum absolute atomic E-state index is 0.123. The lowest BCUT2D eigenvalue weighted by Crippen LogP contribution is -2.23. The SMILES string of the molecule is Cc1cc2cc(-c3cccc(-c4ccc(C(C)(C)C)cc4)c3)nc(ON=C(N)N)c2cc1C. The predicted molar refractivity (Wildman–Crippen MR) is 137 cm³/mol. The first kappa shape index (κ1) is 22.3. The second-order valence-electron chi connectivity index (χ2n) is 9.49. The van der Waals surface area contributed by atoms with Crippen LogP contribution in [0.2, 0.25) is 0 Å². The van der Waals surface area contributed by atoms with Gasteiger partial charge in [-0.25, -0.2) is 4.98 Å². The van der Waals surface area contributed by atoms with Crippen molar-refractivity contribution in [3.05, 3.63) is 83.4 Å². The van der Waals surface area contributed by atoms with Gasteiger partial charge in [0.25, 0.3) is 5.88 Å². The van der Waals surface area contributed by atoms with E-state index in [1.54, 1.807) is 0 Å². The van der Waals surface area contributed by atoms with Gasteiger partial charge in [0.05, 0.1) is 5.69 Å². The molecule has 0 aliphatic heterocycles. The average Bonchev–Trinajstić information content (AvgIpc) is 2.78. The van der Waals surface area contributed by atoms with Crippen LogP contribution in [0.5, 0.6) is 5.88 Å². The highest BCUT2D eigenvalue weighted by atomic mass is 16.6. The van der Waals surface area contributed by atoms with Gasteiger partial charge in [-0.2, -0.15) is 0 Å². The molecule has 5 heteroatoms. The van der Waals surface area contributed by atoms with Gasteiger partial charge in [0.15, 0.2) is 0 Å². The summed E-state index contributed by atoms with van der Waals surface area (Å²) in [5.41, 5.74) is 18.8. The fourth-order valence-electron chi connectivity index (χ4n) is 3.83. The van der Waals surface area contributed by atoms with E-state index in [9.17, 15) is 0 Å². The Morgan fingerprint density at radius 3 is 2.15 bits per heavy atom. The molecule has 1 heterocycles. The molecule has 0 unspecified atom stereocenters. The molecule has 0 amide bonds. The molecule has 4 rings (SSSR count). The van der Waals surface area contributed by atoms with Gasteiger partial charge in [-0.15, -0.1) is 0 Å². The molecule has 0 bridgehead atoms. The quantitative estimate of drug-likeness (QED) is 0.231. The van der Waals surface area contributed by atoms with Crippen LogP contribution in [0.1, 0.15) is 37.5 Å². The Labute approximate surface area is 195 Å². The summed E-state index contributed by atoms with van der Waals surface area (Å²) >= 11 is 0. The van der Waals surface area contributed by atoms with E-state index in [0.717, 1.165) is 38.7 Å². The van der Waals surface area contributed by atoms with E-state index in [0.29, 0.717) is 5.88 Å². The van der Waals surface area contributed by atoms with Crippen LogP contribution in [0, 0.1) is 13.8 Å². The number of hydrogen-bond acceptors (Lipinski definition) is 3. The summed E-state index contributed by atoms with van der Waals surface area (Å²) in [5, 5.41) is 5.61.